The molecule has 0 radical (unpaired) electrons. The molecule has 27 heavy (non-hydrogen) atoms. The van der Waals surface area contributed by atoms with E-state index < -0.39 is 10.0 Å². The molecule has 7 nitrogen and oxygen atoms in total. The van der Waals surface area contributed by atoms with Crippen LogP contribution in [0, 0.1) is 5.92 Å². The number of sulfonamides is 1. The Morgan fingerprint density at radius 3 is 2.48 bits per heavy atom. The zero-order valence-electron chi connectivity index (χ0n) is 15.0. The van der Waals surface area contributed by atoms with Crippen LogP contribution in [0.4, 0.5) is 11.6 Å². The standard InChI is InChI=1S/C19H21N5O2S/c1-14-7-10-24(11-8-14)19-21-12-16(13-22-19)23-27(25,26)17-6-2-4-15-5-3-9-20-18(15)17/h2-6,9,12-14,23H,7-8,10-11H2,1H3. The molecule has 3 heterocycles. The van der Waals surface area contributed by atoms with E-state index in [4.69, 9.17) is 0 Å². The lowest BCUT2D eigenvalue weighted by Crippen LogP contribution is -2.34. The summed E-state index contributed by atoms with van der Waals surface area (Å²) in [7, 11) is -3.79. The van der Waals surface area contributed by atoms with Gasteiger partial charge >= 0.3 is 0 Å². The van der Waals surface area contributed by atoms with Crippen LogP contribution in [0.15, 0.2) is 53.8 Å². The summed E-state index contributed by atoms with van der Waals surface area (Å²) in [5.74, 6) is 1.36. The number of benzene rings is 1. The zero-order chi connectivity index (χ0) is 18.9. The number of nitrogens with zero attached hydrogens (tertiary/aromatic N) is 4. The molecule has 0 atom stereocenters. The number of hydrogen-bond donors (Lipinski definition) is 1. The second kappa shape index (κ2) is 7.11. The Bertz CT molecular complexity index is 1040. The topological polar surface area (TPSA) is 88.1 Å². The number of fused-ring (bicyclic) bond motifs is 1. The first kappa shape index (κ1) is 17.7. The van der Waals surface area contributed by atoms with E-state index in [0.717, 1.165) is 37.2 Å². The van der Waals surface area contributed by atoms with Crippen molar-refractivity contribution in [3.63, 3.8) is 0 Å². The number of anilines is 2. The number of rotatable bonds is 4. The lowest BCUT2D eigenvalue weighted by Gasteiger charge is -2.30. The van der Waals surface area contributed by atoms with Gasteiger partial charge in [-0.2, -0.15) is 0 Å². The second-order valence-corrected chi connectivity index (χ2v) is 8.53. The molecule has 1 N–H and O–H groups in total. The Hall–Kier alpha value is -2.74. The maximum absolute atomic E-state index is 12.8. The molecular weight excluding hydrogens is 362 g/mol. The third-order valence-electron chi connectivity index (χ3n) is 4.84. The molecule has 0 bridgehead atoms. The molecule has 0 amide bonds. The van der Waals surface area contributed by atoms with E-state index in [0.29, 0.717) is 17.2 Å². The van der Waals surface area contributed by atoms with Crippen molar-refractivity contribution in [3.05, 3.63) is 48.9 Å². The van der Waals surface area contributed by atoms with Gasteiger partial charge in [-0.1, -0.05) is 25.1 Å². The monoisotopic (exact) mass is 383 g/mol. The average molecular weight is 383 g/mol. The number of para-hydroxylation sites is 1. The molecule has 4 rings (SSSR count). The van der Waals surface area contributed by atoms with Crippen LogP contribution in [-0.2, 0) is 10.0 Å². The molecule has 0 saturated carbocycles. The fraction of sp³-hybridized carbons (Fsp3) is 0.316. The van der Waals surface area contributed by atoms with Crippen LogP contribution < -0.4 is 9.62 Å². The molecule has 1 aliphatic rings. The van der Waals surface area contributed by atoms with E-state index in [1.807, 2.05) is 12.1 Å². The molecule has 140 valence electrons. The number of nitrogens with one attached hydrogen (secondary N) is 1. The second-order valence-electron chi connectivity index (χ2n) is 6.88. The lowest BCUT2D eigenvalue weighted by atomic mass is 10.00. The van der Waals surface area contributed by atoms with Crippen LogP contribution in [0.1, 0.15) is 19.8 Å². The number of pyridine rings is 1. The summed E-state index contributed by atoms with van der Waals surface area (Å²) in [6.07, 6.45) is 6.84. The van der Waals surface area contributed by atoms with Gasteiger partial charge in [0.2, 0.25) is 5.95 Å². The highest BCUT2D eigenvalue weighted by Gasteiger charge is 2.20. The van der Waals surface area contributed by atoms with Crippen LogP contribution in [0.2, 0.25) is 0 Å². The van der Waals surface area contributed by atoms with E-state index in [-0.39, 0.29) is 4.90 Å². The zero-order valence-corrected chi connectivity index (χ0v) is 15.9. The maximum Gasteiger partial charge on any atom is 0.264 e. The fourth-order valence-electron chi connectivity index (χ4n) is 3.25. The first-order valence-corrected chi connectivity index (χ1v) is 10.4. The normalized spacial score (nSPS) is 15.8. The molecule has 2 aromatic heterocycles. The van der Waals surface area contributed by atoms with E-state index in [1.165, 1.54) is 12.4 Å². The van der Waals surface area contributed by atoms with Crippen molar-refractivity contribution in [1.82, 2.24) is 15.0 Å². The predicted molar refractivity (Wildman–Crippen MR) is 105 cm³/mol. The van der Waals surface area contributed by atoms with Crippen molar-refractivity contribution >= 4 is 32.6 Å². The molecule has 1 fully saturated rings. The van der Waals surface area contributed by atoms with Crippen molar-refractivity contribution < 1.29 is 8.42 Å². The van der Waals surface area contributed by atoms with Crippen molar-refractivity contribution in [1.29, 1.82) is 0 Å². The molecular formula is C19H21N5O2S. The minimum absolute atomic E-state index is 0.134. The van der Waals surface area contributed by atoms with Gasteiger partial charge in [-0.15, -0.1) is 0 Å². The van der Waals surface area contributed by atoms with Crippen molar-refractivity contribution in [2.24, 2.45) is 5.92 Å². The Balaban J connectivity index is 1.56. The highest BCUT2D eigenvalue weighted by Crippen LogP contribution is 2.24. The Kier molecular flexibility index (Phi) is 4.65. The SMILES string of the molecule is CC1CCN(c2ncc(NS(=O)(=O)c3cccc4cccnc34)cn2)CC1. The molecule has 8 heteroatoms. The van der Waals surface area contributed by atoms with Crippen LogP contribution in [-0.4, -0.2) is 36.5 Å². The minimum Gasteiger partial charge on any atom is -0.341 e. The molecule has 1 saturated heterocycles. The van der Waals surface area contributed by atoms with Gasteiger partial charge in [-0.3, -0.25) is 9.71 Å². The molecule has 1 aromatic carbocycles. The summed E-state index contributed by atoms with van der Waals surface area (Å²) in [4.78, 5) is 15.2. The fourth-order valence-corrected chi connectivity index (χ4v) is 4.46. The van der Waals surface area contributed by atoms with E-state index >= 15 is 0 Å². The summed E-state index contributed by atoms with van der Waals surface area (Å²) in [6, 6.07) is 8.69. The van der Waals surface area contributed by atoms with Crippen LogP contribution in [0.3, 0.4) is 0 Å². The van der Waals surface area contributed by atoms with Crippen molar-refractivity contribution in [3.8, 4) is 0 Å². The Morgan fingerprint density at radius 2 is 1.74 bits per heavy atom. The molecule has 0 spiro atoms. The number of hydrogen-bond acceptors (Lipinski definition) is 6. The molecule has 3 aromatic rings. The number of aromatic nitrogens is 3. The summed E-state index contributed by atoms with van der Waals surface area (Å²) in [5.41, 5.74) is 0.768. The third-order valence-corrected chi connectivity index (χ3v) is 6.26. The predicted octanol–water partition coefficient (Wildman–Crippen LogP) is 3.06. The Morgan fingerprint density at radius 1 is 1.04 bits per heavy atom. The smallest absolute Gasteiger partial charge is 0.264 e. The average Bonchev–Trinajstić information content (AvgIpc) is 2.68. The van der Waals surface area contributed by atoms with Gasteiger partial charge in [0.1, 0.15) is 4.90 Å². The van der Waals surface area contributed by atoms with Crippen molar-refractivity contribution in [2.75, 3.05) is 22.7 Å². The number of piperidine rings is 1. The van der Waals surface area contributed by atoms with Crippen molar-refractivity contribution in [2.45, 2.75) is 24.7 Å². The van der Waals surface area contributed by atoms with Crippen LogP contribution in [0.5, 0.6) is 0 Å². The third kappa shape index (κ3) is 3.71. The summed E-state index contributed by atoms with van der Waals surface area (Å²) >= 11 is 0. The maximum atomic E-state index is 12.8. The highest BCUT2D eigenvalue weighted by molar-refractivity contribution is 7.93. The van der Waals surface area contributed by atoms with Gasteiger partial charge in [0.05, 0.1) is 23.6 Å². The molecule has 0 unspecified atom stereocenters. The Labute approximate surface area is 158 Å². The van der Waals surface area contributed by atoms with Crippen LogP contribution >= 0.6 is 0 Å². The van der Waals surface area contributed by atoms with Gasteiger partial charge in [0, 0.05) is 24.7 Å². The largest absolute Gasteiger partial charge is 0.341 e. The van der Waals surface area contributed by atoms with Crippen LogP contribution in [0.25, 0.3) is 10.9 Å². The van der Waals surface area contributed by atoms with Gasteiger partial charge in [0.15, 0.2) is 0 Å². The van der Waals surface area contributed by atoms with Gasteiger partial charge in [-0.25, -0.2) is 18.4 Å². The summed E-state index contributed by atoms with van der Waals surface area (Å²) < 4.78 is 28.2. The minimum atomic E-state index is -3.79. The first-order chi connectivity index (χ1) is 13.0. The van der Waals surface area contributed by atoms with E-state index in [2.05, 4.69) is 31.5 Å². The lowest BCUT2D eigenvalue weighted by molar-refractivity contribution is 0.434. The summed E-state index contributed by atoms with van der Waals surface area (Å²) in [5, 5.41) is 0.770. The van der Waals surface area contributed by atoms with Gasteiger partial charge in [-0.05, 0) is 30.9 Å². The summed E-state index contributed by atoms with van der Waals surface area (Å²) in [6.45, 7) is 4.10. The van der Waals surface area contributed by atoms with Gasteiger partial charge in [0.25, 0.3) is 10.0 Å². The van der Waals surface area contributed by atoms with Gasteiger partial charge < -0.3 is 4.90 Å². The first-order valence-electron chi connectivity index (χ1n) is 8.96. The van der Waals surface area contributed by atoms with E-state index in [9.17, 15) is 8.42 Å². The highest BCUT2D eigenvalue weighted by atomic mass is 32.2. The molecule has 1 aliphatic heterocycles. The quantitative estimate of drug-likeness (QED) is 0.745. The van der Waals surface area contributed by atoms with E-state index in [1.54, 1.807) is 24.4 Å². The molecule has 0 aliphatic carbocycles.